The van der Waals surface area contributed by atoms with Gasteiger partial charge in [-0.2, -0.15) is 0 Å². The fourth-order valence-corrected chi connectivity index (χ4v) is 2.59. The fourth-order valence-electron chi connectivity index (χ4n) is 2.59. The summed E-state index contributed by atoms with van der Waals surface area (Å²) in [5, 5.41) is 11.7. The molecule has 9 heteroatoms. The first-order valence-corrected chi connectivity index (χ1v) is 7.73. The Morgan fingerprint density at radius 1 is 0.923 bits per heavy atom. The lowest BCUT2D eigenvalue weighted by Gasteiger charge is -2.11. The standard InChI is InChI=1S/C17H13N7O2/c25-24(26)15-16(22-21-12-6-2-1-3-7-12)18-10-19-17(15)23-11-20-13-8-4-5-9-14(13)23/h1-11,21H,(H,18,19,22). The highest BCUT2D eigenvalue weighted by Gasteiger charge is 2.25. The van der Waals surface area contributed by atoms with E-state index in [1.54, 1.807) is 4.57 Å². The van der Waals surface area contributed by atoms with Gasteiger partial charge in [0.05, 0.1) is 21.6 Å². The van der Waals surface area contributed by atoms with Crippen molar-refractivity contribution < 1.29 is 4.92 Å². The highest BCUT2D eigenvalue weighted by Crippen LogP contribution is 2.29. The van der Waals surface area contributed by atoms with E-state index in [9.17, 15) is 10.1 Å². The van der Waals surface area contributed by atoms with E-state index in [1.807, 2.05) is 54.6 Å². The number of fused-ring (bicyclic) bond motifs is 1. The number of nitro groups is 1. The quantitative estimate of drug-likeness (QED) is 0.421. The van der Waals surface area contributed by atoms with Crippen LogP contribution in [-0.4, -0.2) is 24.4 Å². The summed E-state index contributed by atoms with van der Waals surface area (Å²) in [7, 11) is 0. The smallest absolute Gasteiger partial charge is 0.299 e. The van der Waals surface area contributed by atoms with Crippen LogP contribution in [0.2, 0.25) is 0 Å². The van der Waals surface area contributed by atoms with Gasteiger partial charge in [0.1, 0.15) is 12.7 Å². The van der Waals surface area contributed by atoms with E-state index in [-0.39, 0.29) is 17.3 Å². The number of imidazole rings is 1. The van der Waals surface area contributed by atoms with E-state index in [2.05, 4.69) is 25.8 Å². The van der Waals surface area contributed by atoms with Crippen LogP contribution in [0.3, 0.4) is 0 Å². The zero-order valence-electron chi connectivity index (χ0n) is 13.4. The third-order valence-electron chi connectivity index (χ3n) is 3.77. The predicted molar refractivity (Wildman–Crippen MR) is 97.0 cm³/mol. The molecule has 2 N–H and O–H groups in total. The highest BCUT2D eigenvalue weighted by molar-refractivity contribution is 5.79. The second kappa shape index (κ2) is 6.48. The number of nitrogens with zero attached hydrogens (tertiary/aromatic N) is 5. The van der Waals surface area contributed by atoms with Crippen molar-refractivity contribution in [3.63, 3.8) is 0 Å². The molecular formula is C17H13N7O2. The first-order chi connectivity index (χ1) is 12.7. The summed E-state index contributed by atoms with van der Waals surface area (Å²) in [6.07, 6.45) is 2.78. The molecule has 4 rings (SSSR count). The Labute approximate surface area is 147 Å². The van der Waals surface area contributed by atoms with Gasteiger partial charge >= 0.3 is 5.69 Å². The summed E-state index contributed by atoms with van der Waals surface area (Å²) < 4.78 is 1.57. The molecule has 0 aliphatic carbocycles. The molecule has 128 valence electrons. The molecule has 0 atom stereocenters. The van der Waals surface area contributed by atoms with Crippen molar-refractivity contribution in [1.82, 2.24) is 19.5 Å². The van der Waals surface area contributed by atoms with E-state index in [0.717, 1.165) is 16.7 Å². The molecule has 0 saturated heterocycles. The largest absolute Gasteiger partial charge is 0.355 e. The summed E-state index contributed by atoms with van der Waals surface area (Å²) >= 11 is 0. The number of hydrogen-bond donors (Lipinski definition) is 2. The van der Waals surface area contributed by atoms with Crippen LogP contribution in [0.5, 0.6) is 0 Å². The lowest BCUT2D eigenvalue weighted by Crippen LogP contribution is -2.14. The van der Waals surface area contributed by atoms with Crippen LogP contribution >= 0.6 is 0 Å². The first kappa shape index (κ1) is 15.5. The van der Waals surface area contributed by atoms with Gasteiger partial charge in [0.15, 0.2) is 0 Å². The fraction of sp³-hybridized carbons (Fsp3) is 0. The second-order valence-electron chi connectivity index (χ2n) is 5.37. The summed E-state index contributed by atoms with van der Waals surface area (Å²) in [6.45, 7) is 0. The molecule has 9 nitrogen and oxygen atoms in total. The topological polar surface area (TPSA) is 111 Å². The van der Waals surface area contributed by atoms with Crippen molar-refractivity contribution in [2.45, 2.75) is 0 Å². The number of hydrazine groups is 1. The van der Waals surface area contributed by atoms with E-state index in [0.29, 0.717) is 0 Å². The number of hydrogen-bond acceptors (Lipinski definition) is 7. The van der Waals surface area contributed by atoms with E-state index in [4.69, 9.17) is 0 Å². The van der Waals surface area contributed by atoms with Gasteiger partial charge in [-0.25, -0.2) is 15.0 Å². The molecule has 26 heavy (non-hydrogen) atoms. The van der Waals surface area contributed by atoms with Crippen molar-refractivity contribution >= 4 is 28.2 Å². The summed E-state index contributed by atoms with van der Waals surface area (Å²) in [4.78, 5) is 23.6. The Kier molecular flexibility index (Phi) is 3.86. The number of aromatic nitrogens is 4. The van der Waals surface area contributed by atoms with Crippen molar-refractivity contribution in [3.8, 4) is 5.82 Å². The Balaban J connectivity index is 1.77. The monoisotopic (exact) mass is 347 g/mol. The Morgan fingerprint density at radius 2 is 1.69 bits per heavy atom. The molecular weight excluding hydrogens is 334 g/mol. The van der Waals surface area contributed by atoms with Crippen molar-refractivity contribution in [2.75, 3.05) is 10.9 Å². The Bertz CT molecular complexity index is 1080. The van der Waals surface area contributed by atoms with E-state index < -0.39 is 4.92 Å². The number of nitrogens with one attached hydrogen (secondary N) is 2. The minimum absolute atomic E-state index is 0.0571. The number of para-hydroxylation sites is 3. The van der Waals surface area contributed by atoms with Gasteiger partial charge in [0, 0.05) is 0 Å². The van der Waals surface area contributed by atoms with Gasteiger partial charge in [-0.3, -0.25) is 25.5 Å². The number of benzene rings is 2. The van der Waals surface area contributed by atoms with Gasteiger partial charge in [0.2, 0.25) is 11.6 Å². The maximum Gasteiger partial charge on any atom is 0.355 e. The van der Waals surface area contributed by atoms with Gasteiger partial charge in [-0.05, 0) is 24.3 Å². The maximum atomic E-state index is 11.7. The van der Waals surface area contributed by atoms with Crippen molar-refractivity contribution in [2.24, 2.45) is 0 Å². The van der Waals surface area contributed by atoms with Crippen LogP contribution in [0.4, 0.5) is 17.2 Å². The molecule has 0 amide bonds. The van der Waals surface area contributed by atoms with Crippen LogP contribution in [0, 0.1) is 10.1 Å². The third kappa shape index (κ3) is 2.77. The molecule has 0 fully saturated rings. The summed E-state index contributed by atoms with van der Waals surface area (Å²) in [5.74, 6) is 0.192. The number of anilines is 2. The maximum absolute atomic E-state index is 11.7. The van der Waals surface area contributed by atoms with Crippen LogP contribution < -0.4 is 10.9 Å². The summed E-state index contributed by atoms with van der Waals surface area (Å²) in [5.41, 5.74) is 7.61. The third-order valence-corrected chi connectivity index (χ3v) is 3.77. The zero-order valence-corrected chi connectivity index (χ0v) is 13.4. The van der Waals surface area contributed by atoms with Crippen LogP contribution in [0.15, 0.2) is 67.3 Å². The molecule has 0 saturated carbocycles. The zero-order chi connectivity index (χ0) is 17.9. The van der Waals surface area contributed by atoms with Gasteiger partial charge < -0.3 is 0 Å². The van der Waals surface area contributed by atoms with E-state index in [1.165, 1.54) is 12.7 Å². The first-order valence-electron chi connectivity index (χ1n) is 7.73. The Morgan fingerprint density at radius 3 is 2.50 bits per heavy atom. The molecule has 2 aromatic carbocycles. The normalized spacial score (nSPS) is 10.6. The molecule has 2 heterocycles. The lowest BCUT2D eigenvalue weighted by atomic mass is 10.3. The van der Waals surface area contributed by atoms with Crippen molar-refractivity contribution in [3.05, 3.63) is 77.4 Å². The van der Waals surface area contributed by atoms with Crippen molar-refractivity contribution in [1.29, 1.82) is 0 Å². The van der Waals surface area contributed by atoms with E-state index >= 15 is 0 Å². The summed E-state index contributed by atoms with van der Waals surface area (Å²) in [6, 6.07) is 16.6. The molecule has 0 spiro atoms. The SMILES string of the molecule is O=[N+]([O-])c1c(NNc2ccccc2)ncnc1-n1cnc2ccccc21. The molecule has 0 aliphatic heterocycles. The minimum Gasteiger partial charge on any atom is -0.299 e. The lowest BCUT2D eigenvalue weighted by molar-refractivity contribution is -0.384. The van der Waals surface area contributed by atoms with Gasteiger partial charge in [0.25, 0.3) is 0 Å². The molecule has 0 aliphatic rings. The average Bonchev–Trinajstić information content (AvgIpc) is 3.10. The molecule has 0 bridgehead atoms. The Hall–Kier alpha value is -4.01. The predicted octanol–water partition coefficient (Wildman–Crippen LogP) is 3.16. The molecule has 0 radical (unpaired) electrons. The minimum atomic E-state index is -0.515. The molecule has 0 unspecified atom stereocenters. The van der Waals surface area contributed by atoms with Gasteiger partial charge in [-0.1, -0.05) is 30.3 Å². The van der Waals surface area contributed by atoms with Gasteiger partial charge in [-0.15, -0.1) is 0 Å². The average molecular weight is 347 g/mol. The highest BCUT2D eigenvalue weighted by atomic mass is 16.6. The second-order valence-corrected chi connectivity index (χ2v) is 5.37. The van der Waals surface area contributed by atoms with Crippen LogP contribution in [0.1, 0.15) is 0 Å². The molecule has 2 aromatic heterocycles. The molecule has 4 aromatic rings. The van der Waals surface area contributed by atoms with Crippen LogP contribution in [0.25, 0.3) is 16.9 Å². The number of rotatable bonds is 5. The van der Waals surface area contributed by atoms with Crippen LogP contribution in [-0.2, 0) is 0 Å².